The largest absolute Gasteiger partial charge is 0.493 e. The summed E-state index contributed by atoms with van der Waals surface area (Å²) in [7, 11) is 1.63. The average molecular weight is 306 g/mol. The minimum absolute atomic E-state index is 0.192. The monoisotopic (exact) mass is 306 g/mol. The Hall–Kier alpha value is -1.75. The van der Waals surface area contributed by atoms with Gasteiger partial charge in [-0.15, -0.1) is 0 Å². The number of nitrogens with one attached hydrogen (secondary N) is 1. The highest BCUT2D eigenvalue weighted by molar-refractivity contribution is 5.85. The highest BCUT2D eigenvalue weighted by atomic mass is 16.5. The van der Waals surface area contributed by atoms with Crippen LogP contribution in [0.4, 0.5) is 0 Å². The maximum atomic E-state index is 11.9. The van der Waals surface area contributed by atoms with Crippen LogP contribution in [0.2, 0.25) is 0 Å². The number of methoxy groups -OCH3 is 1. The lowest BCUT2D eigenvalue weighted by molar-refractivity contribution is -0.125. The molecule has 1 aliphatic rings. The van der Waals surface area contributed by atoms with E-state index in [1.165, 1.54) is 12.8 Å². The van der Waals surface area contributed by atoms with Crippen LogP contribution in [0, 0.1) is 0 Å². The predicted molar refractivity (Wildman–Crippen MR) is 86.0 cm³/mol. The Morgan fingerprint density at radius 3 is 2.64 bits per heavy atom. The number of para-hydroxylation sites is 1. The molecule has 0 radical (unpaired) electrons. The first-order chi connectivity index (χ1) is 10.4. The Labute approximate surface area is 132 Å². The van der Waals surface area contributed by atoms with Crippen LogP contribution in [0.3, 0.4) is 0 Å². The van der Waals surface area contributed by atoms with E-state index in [0.717, 1.165) is 24.2 Å². The fraction of sp³-hybridized carbons (Fsp3) is 0.588. The van der Waals surface area contributed by atoms with Gasteiger partial charge in [-0.2, -0.15) is 0 Å². The number of rotatable bonds is 6. The molecule has 0 spiro atoms. The summed E-state index contributed by atoms with van der Waals surface area (Å²) in [5.74, 6) is 1.24. The van der Waals surface area contributed by atoms with Crippen molar-refractivity contribution in [2.45, 2.75) is 57.7 Å². The normalized spacial score (nSPS) is 15.6. The first-order valence-corrected chi connectivity index (χ1v) is 7.81. The van der Waals surface area contributed by atoms with Gasteiger partial charge in [0.05, 0.1) is 18.8 Å². The van der Waals surface area contributed by atoms with Crippen LogP contribution in [-0.2, 0) is 11.3 Å². The number of nitrogens with two attached hydrogens (primary N) is 1. The molecular formula is C17H26N2O3. The van der Waals surface area contributed by atoms with E-state index in [1.807, 2.05) is 18.2 Å². The first kappa shape index (κ1) is 16.6. The van der Waals surface area contributed by atoms with Crippen molar-refractivity contribution in [3.05, 3.63) is 23.8 Å². The van der Waals surface area contributed by atoms with Crippen molar-refractivity contribution in [3.63, 3.8) is 0 Å². The molecule has 1 aromatic rings. The van der Waals surface area contributed by atoms with E-state index in [1.54, 1.807) is 21.0 Å². The van der Waals surface area contributed by atoms with Crippen LogP contribution < -0.4 is 20.5 Å². The van der Waals surface area contributed by atoms with Crippen LogP contribution in [0.1, 0.15) is 45.1 Å². The van der Waals surface area contributed by atoms with Crippen molar-refractivity contribution in [2.24, 2.45) is 5.73 Å². The quantitative estimate of drug-likeness (QED) is 0.846. The Bertz CT molecular complexity index is 517. The first-order valence-electron chi connectivity index (χ1n) is 7.81. The van der Waals surface area contributed by atoms with Crippen molar-refractivity contribution in [3.8, 4) is 11.5 Å². The van der Waals surface area contributed by atoms with E-state index in [2.05, 4.69) is 5.32 Å². The zero-order valence-electron chi connectivity index (χ0n) is 13.6. The molecule has 1 saturated carbocycles. The summed E-state index contributed by atoms with van der Waals surface area (Å²) in [5.41, 5.74) is 5.81. The van der Waals surface area contributed by atoms with Crippen molar-refractivity contribution in [1.29, 1.82) is 0 Å². The summed E-state index contributed by atoms with van der Waals surface area (Å²) >= 11 is 0. The number of hydrogen-bond donors (Lipinski definition) is 2. The molecule has 0 heterocycles. The zero-order valence-corrected chi connectivity index (χ0v) is 13.6. The van der Waals surface area contributed by atoms with E-state index in [9.17, 15) is 4.79 Å². The minimum Gasteiger partial charge on any atom is -0.493 e. The van der Waals surface area contributed by atoms with Gasteiger partial charge in [0.15, 0.2) is 11.5 Å². The molecule has 1 aromatic carbocycles. The van der Waals surface area contributed by atoms with Gasteiger partial charge in [0.25, 0.3) is 0 Å². The van der Waals surface area contributed by atoms with E-state index < -0.39 is 5.54 Å². The lowest BCUT2D eigenvalue weighted by Gasteiger charge is -2.21. The maximum Gasteiger partial charge on any atom is 0.239 e. The van der Waals surface area contributed by atoms with Gasteiger partial charge in [-0.25, -0.2) is 0 Å². The molecule has 0 aliphatic heterocycles. The molecule has 0 atom stereocenters. The zero-order chi connectivity index (χ0) is 16.2. The number of ether oxygens (including phenoxy) is 2. The molecule has 1 fully saturated rings. The fourth-order valence-electron chi connectivity index (χ4n) is 2.57. The van der Waals surface area contributed by atoms with Crippen molar-refractivity contribution in [1.82, 2.24) is 5.32 Å². The number of carbonyl (C=O) groups excluding carboxylic acids is 1. The van der Waals surface area contributed by atoms with E-state index >= 15 is 0 Å². The third-order valence-electron chi connectivity index (χ3n) is 3.89. The van der Waals surface area contributed by atoms with Gasteiger partial charge in [-0.3, -0.25) is 4.79 Å². The Morgan fingerprint density at radius 1 is 1.36 bits per heavy atom. The van der Waals surface area contributed by atoms with Gasteiger partial charge < -0.3 is 20.5 Å². The maximum absolute atomic E-state index is 11.9. The summed E-state index contributed by atoms with van der Waals surface area (Å²) in [6.45, 7) is 3.74. The third kappa shape index (κ3) is 4.13. The van der Waals surface area contributed by atoms with Crippen molar-refractivity contribution in [2.75, 3.05) is 7.11 Å². The molecule has 2 rings (SSSR count). The lowest BCUT2D eigenvalue weighted by Crippen LogP contribution is -2.48. The van der Waals surface area contributed by atoms with Gasteiger partial charge in [0, 0.05) is 12.1 Å². The minimum atomic E-state index is -0.897. The smallest absolute Gasteiger partial charge is 0.239 e. The molecule has 0 unspecified atom stereocenters. The molecule has 122 valence electrons. The number of carbonyl (C=O) groups is 1. The van der Waals surface area contributed by atoms with E-state index in [-0.39, 0.29) is 12.0 Å². The Kier molecular flexibility index (Phi) is 5.29. The van der Waals surface area contributed by atoms with Crippen LogP contribution >= 0.6 is 0 Å². The van der Waals surface area contributed by atoms with E-state index in [0.29, 0.717) is 12.3 Å². The van der Waals surface area contributed by atoms with E-state index in [4.69, 9.17) is 15.2 Å². The predicted octanol–water partition coefficient (Wildman–Crippen LogP) is 2.37. The molecule has 0 aromatic heterocycles. The average Bonchev–Trinajstić information content (AvgIpc) is 2.97. The summed E-state index contributed by atoms with van der Waals surface area (Å²) in [6.07, 6.45) is 4.77. The summed E-state index contributed by atoms with van der Waals surface area (Å²) in [5, 5.41) is 2.86. The van der Waals surface area contributed by atoms with Crippen LogP contribution in [0.25, 0.3) is 0 Å². The molecule has 3 N–H and O–H groups in total. The molecule has 22 heavy (non-hydrogen) atoms. The Balaban J connectivity index is 2.13. The van der Waals surface area contributed by atoms with Crippen LogP contribution in [0.5, 0.6) is 11.5 Å². The summed E-state index contributed by atoms with van der Waals surface area (Å²) in [6, 6.07) is 5.72. The topological polar surface area (TPSA) is 73.6 Å². The molecule has 0 bridgehead atoms. The summed E-state index contributed by atoms with van der Waals surface area (Å²) in [4.78, 5) is 11.9. The SMILES string of the molecule is COc1cccc(CNC(=O)C(C)(C)N)c1OC1CCCC1. The fourth-order valence-corrected chi connectivity index (χ4v) is 2.57. The second kappa shape index (κ2) is 7.01. The highest BCUT2D eigenvalue weighted by Crippen LogP contribution is 2.34. The van der Waals surface area contributed by atoms with Crippen LogP contribution in [0.15, 0.2) is 18.2 Å². The van der Waals surface area contributed by atoms with Crippen LogP contribution in [-0.4, -0.2) is 24.7 Å². The molecule has 1 amide bonds. The Morgan fingerprint density at radius 2 is 2.05 bits per heavy atom. The van der Waals surface area contributed by atoms with Crippen molar-refractivity contribution >= 4 is 5.91 Å². The molecule has 0 saturated heterocycles. The highest BCUT2D eigenvalue weighted by Gasteiger charge is 2.23. The molecule has 5 heteroatoms. The molecule has 1 aliphatic carbocycles. The number of benzene rings is 1. The number of hydrogen-bond acceptors (Lipinski definition) is 4. The molecule has 5 nitrogen and oxygen atoms in total. The number of amides is 1. The van der Waals surface area contributed by atoms with Gasteiger partial charge in [-0.05, 0) is 45.6 Å². The van der Waals surface area contributed by atoms with Gasteiger partial charge >= 0.3 is 0 Å². The lowest BCUT2D eigenvalue weighted by atomic mass is 10.1. The van der Waals surface area contributed by atoms with Gasteiger partial charge in [0.2, 0.25) is 5.91 Å². The summed E-state index contributed by atoms with van der Waals surface area (Å²) < 4.78 is 11.5. The van der Waals surface area contributed by atoms with Gasteiger partial charge in [0.1, 0.15) is 0 Å². The van der Waals surface area contributed by atoms with Crippen molar-refractivity contribution < 1.29 is 14.3 Å². The third-order valence-corrected chi connectivity index (χ3v) is 3.89. The standard InChI is InChI=1S/C17H26N2O3/c1-17(2,18)16(20)19-11-12-7-6-10-14(21-3)15(12)22-13-8-4-5-9-13/h6-7,10,13H,4-5,8-9,11,18H2,1-3H3,(H,19,20). The second-order valence-corrected chi connectivity index (χ2v) is 6.38. The molecular weight excluding hydrogens is 280 g/mol. The second-order valence-electron chi connectivity index (χ2n) is 6.38. The van der Waals surface area contributed by atoms with Gasteiger partial charge in [-0.1, -0.05) is 12.1 Å².